The van der Waals surface area contributed by atoms with Gasteiger partial charge in [-0.1, -0.05) is 42.5 Å². The van der Waals surface area contributed by atoms with E-state index in [4.69, 9.17) is 4.74 Å². The van der Waals surface area contributed by atoms with Gasteiger partial charge >= 0.3 is 6.09 Å². The largest absolute Gasteiger partial charge is 0.444 e. The molecule has 1 amide bonds. The molecule has 148 valence electrons. The van der Waals surface area contributed by atoms with Gasteiger partial charge in [-0.3, -0.25) is 0 Å². The fourth-order valence-corrected chi connectivity index (χ4v) is 4.08. The van der Waals surface area contributed by atoms with E-state index in [1.165, 1.54) is 0 Å². The number of carbonyl (C=O) groups is 1. The zero-order valence-corrected chi connectivity index (χ0v) is 16.8. The van der Waals surface area contributed by atoms with Gasteiger partial charge in [0.25, 0.3) is 0 Å². The molecule has 1 saturated carbocycles. The van der Waals surface area contributed by atoms with Crippen molar-refractivity contribution >= 4 is 6.09 Å². The van der Waals surface area contributed by atoms with Gasteiger partial charge in [-0.05, 0) is 70.8 Å². The lowest BCUT2D eigenvalue weighted by molar-refractivity contribution is 0.0423. The first-order chi connectivity index (χ1) is 12.8. The van der Waals surface area contributed by atoms with Crippen LogP contribution < -0.4 is 5.32 Å². The molecule has 1 fully saturated rings. The Morgan fingerprint density at radius 1 is 1.30 bits per heavy atom. The molecule has 0 radical (unpaired) electrons. The Morgan fingerprint density at radius 2 is 2.07 bits per heavy atom. The maximum absolute atomic E-state index is 12.3. The van der Waals surface area contributed by atoms with E-state index < -0.39 is 5.60 Å². The number of rotatable bonds is 5. The van der Waals surface area contributed by atoms with Crippen LogP contribution in [0.3, 0.4) is 0 Å². The quantitative estimate of drug-likeness (QED) is 0.728. The minimum absolute atomic E-state index is 0.145. The van der Waals surface area contributed by atoms with Crippen molar-refractivity contribution in [1.82, 2.24) is 5.32 Å². The number of alkyl carbamates (subject to hydrolysis) is 1. The van der Waals surface area contributed by atoms with Crippen molar-refractivity contribution in [3.05, 3.63) is 48.1 Å². The highest BCUT2D eigenvalue weighted by molar-refractivity contribution is 5.70. The molecule has 0 aromatic heterocycles. The summed E-state index contributed by atoms with van der Waals surface area (Å²) in [4.78, 5) is 12.3. The van der Waals surface area contributed by atoms with E-state index in [9.17, 15) is 9.90 Å². The molecule has 0 aliphatic heterocycles. The Bertz CT molecular complexity index is 662. The molecule has 3 aliphatic rings. The molecule has 3 unspecified atom stereocenters. The first kappa shape index (κ1) is 19.9. The highest BCUT2D eigenvalue weighted by Crippen LogP contribution is 2.41. The monoisotopic (exact) mass is 371 g/mol. The SMILES string of the molecule is CC(C)(C)OC(=O)NC1(C2=CCC(C(O)CC3C=CC=CC3)C=C2)CCC1. The Kier molecular flexibility index (Phi) is 5.95. The first-order valence-electron chi connectivity index (χ1n) is 10.2. The number of nitrogens with one attached hydrogen (secondary N) is 1. The maximum Gasteiger partial charge on any atom is 0.408 e. The number of carbonyl (C=O) groups excluding carboxylic acids is 1. The lowest BCUT2D eigenvalue weighted by atomic mass is 9.69. The summed E-state index contributed by atoms with van der Waals surface area (Å²) in [5, 5.41) is 13.7. The highest BCUT2D eigenvalue weighted by atomic mass is 16.6. The lowest BCUT2D eigenvalue weighted by Gasteiger charge is -2.45. The van der Waals surface area contributed by atoms with Crippen LogP contribution in [0.5, 0.6) is 0 Å². The molecule has 0 aromatic carbocycles. The van der Waals surface area contributed by atoms with Gasteiger partial charge < -0.3 is 15.2 Å². The summed E-state index contributed by atoms with van der Waals surface area (Å²) in [7, 11) is 0. The summed E-state index contributed by atoms with van der Waals surface area (Å²) in [6.07, 6.45) is 19.8. The fraction of sp³-hybridized carbons (Fsp3) is 0.609. The predicted octanol–water partition coefficient (Wildman–Crippen LogP) is 4.82. The van der Waals surface area contributed by atoms with Crippen molar-refractivity contribution < 1.29 is 14.6 Å². The molecular formula is C23H33NO3. The van der Waals surface area contributed by atoms with Gasteiger partial charge in [0.2, 0.25) is 0 Å². The summed E-state index contributed by atoms with van der Waals surface area (Å²) >= 11 is 0. The average molecular weight is 372 g/mol. The van der Waals surface area contributed by atoms with Crippen molar-refractivity contribution in [3.8, 4) is 0 Å². The average Bonchev–Trinajstić information content (AvgIpc) is 2.58. The van der Waals surface area contributed by atoms with Crippen molar-refractivity contribution in [3.63, 3.8) is 0 Å². The van der Waals surface area contributed by atoms with Crippen LogP contribution in [0.4, 0.5) is 4.79 Å². The molecular weight excluding hydrogens is 338 g/mol. The number of aliphatic hydroxyl groups excluding tert-OH is 1. The number of aliphatic hydroxyl groups is 1. The van der Waals surface area contributed by atoms with Gasteiger partial charge in [-0.25, -0.2) is 4.79 Å². The molecule has 0 heterocycles. The first-order valence-corrected chi connectivity index (χ1v) is 10.2. The molecule has 3 rings (SSSR count). The minimum atomic E-state index is -0.496. The van der Waals surface area contributed by atoms with Crippen LogP contribution in [0.15, 0.2) is 48.1 Å². The standard InChI is InChI=1S/C23H33NO3/c1-22(2,3)27-21(26)24-23(14-7-15-23)19-12-10-18(11-13-19)20(25)16-17-8-5-4-6-9-17/h4-6,8,10,12-13,17-18,20,25H,7,9,11,14-16H2,1-3H3,(H,24,26). The number of ether oxygens (including phenoxy) is 1. The van der Waals surface area contributed by atoms with Crippen LogP contribution in [0, 0.1) is 11.8 Å². The van der Waals surface area contributed by atoms with Gasteiger partial charge in [0, 0.05) is 5.92 Å². The zero-order valence-electron chi connectivity index (χ0n) is 16.8. The van der Waals surface area contributed by atoms with Crippen molar-refractivity contribution in [2.75, 3.05) is 0 Å². The number of amides is 1. The van der Waals surface area contributed by atoms with E-state index in [2.05, 4.69) is 47.8 Å². The minimum Gasteiger partial charge on any atom is -0.444 e. The van der Waals surface area contributed by atoms with Crippen LogP contribution in [-0.2, 0) is 4.74 Å². The van der Waals surface area contributed by atoms with E-state index in [0.29, 0.717) is 5.92 Å². The van der Waals surface area contributed by atoms with E-state index in [1.807, 2.05) is 20.8 Å². The molecule has 0 aromatic rings. The number of allylic oxidation sites excluding steroid dienone is 5. The highest BCUT2D eigenvalue weighted by Gasteiger charge is 2.42. The van der Waals surface area contributed by atoms with E-state index in [0.717, 1.165) is 44.1 Å². The fourth-order valence-electron chi connectivity index (χ4n) is 4.08. The van der Waals surface area contributed by atoms with Crippen LogP contribution in [0.2, 0.25) is 0 Å². The zero-order chi connectivity index (χ0) is 19.5. The second-order valence-electron chi connectivity index (χ2n) is 9.09. The predicted molar refractivity (Wildman–Crippen MR) is 108 cm³/mol. The van der Waals surface area contributed by atoms with Crippen molar-refractivity contribution in [1.29, 1.82) is 0 Å². The second kappa shape index (κ2) is 8.05. The van der Waals surface area contributed by atoms with Crippen molar-refractivity contribution in [2.45, 2.75) is 76.5 Å². The van der Waals surface area contributed by atoms with E-state index >= 15 is 0 Å². The summed E-state index contributed by atoms with van der Waals surface area (Å²) < 4.78 is 5.45. The van der Waals surface area contributed by atoms with E-state index in [1.54, 1.807) is 0 Å². The molecule has 4 nitrogen and oxygen atoms in total. The van der Waals surface area contributed by atoms with Crippen LogP contribution in [-0.4, -0.2) is 28.4 Å². The second-order valence-corrected chi connectivity index (χ2v) is 9.09. The normalized spacial score (nSPS) is 27.5. The maximum atomic E-state index is 12.3. The lowest BCUT2D eigenvalue weighted by Crippen LogP contribution is -2.55. The molecule has 0 bridgehead atoms. The smallest absolute Gasteiger partial charge is 0.408 e. The molecule has 4 heteroatoms. The number of hydrogen-bond acceptors (Lipinski definition) is 3. The molecule has 0 saturated heterocycles. The van der Waals surface area contributed by atoms with Gasteiger partial charge in [0.05, 0.1) is 11.6 Å². The Hall–Kier alpha value is -1.81. The summed E-state index contributed by atoms with van der Waals surface area (Å²) in [6, 6.07) is 0. The van der Waals surface area contributed by atoms with Crippen LogP contribution in [0.25, 0.3) is 0 Å². The van der Waals surface area contributed by atoms with Gasteiger partial charge in [0.15, 0.2) is 0 Å². The summed E-state index contributed by atoms with van der Waals surface area (Å²) in [6.45, 7) is 5.63. The summed E-state index contributed by atoms with van der Waals surface area (Å²) in [5.74, 6) is 0.572. The Balaban J connectivity index is 1.57. The van der Waals surface area contributed by atoms with Gasteiger partial charge in [-0.2, -0.15) is 0 Å². The topological polar surface area (TPSA) is 58.6 Å². The molecule has 27 heavy (non-hydrogen) atoms. The van der Waals surface area contributed by atoms with Gasteiger partial charge in [0.1, 0.15) is 5.60 Å². The molecule has 2 N–H and O–H groups in total. The van der Waals surface area contributed by atoms with E-state index in [-0.39, 0.29) is 23.7 Å². The summed E-state index contributed by atoms with van der Waals surface area (Å²) in [5.41, 5.74) is 0.360. The van der Waals surface area contributed by atoms with Gasteiger partial charge in [-0.15, -0.1) is 0 Å². The molecule has 3 atom stereocenters. The van der Waals surface area contributed by atoms with Crippen molar-refractivity contribution in [2.24, 2.45) is 11.8 Å². The Labute approximate surface area is 163 Å². The number of hydrogen-bond donors (Lipinski definition) is 2. The third kappa shape index (κ3) is 5.13. The third-order valence-electron chi connectivity index (χ3n) is 5.74. The van der Waals surface area contributed by atoms with Crippen LogP contribution in [0.1, 0.15) is 59.3 Å². The third-order valence-corrected chi connectivity index (χ3v) is 5.74. The van der Waals surface area contributed by atoms with Crippen LogP contribution >= 0.6 is 0 Å². The Morgan fingerprint density at radius 3 is 2.59 bits per heavy atom. The molecule has 3 aliphatic carbocycles. The molecule has 0 spiro atoms.